The molecule has 2 unspecified atom stereocenters. The van der Waals surface area contributed by atoms with E-state index in [1.54, 1.807) is 0 Å². The van der Waals surface area contributed by atoms with Crippen LogP contribution in [0.25, 0.3) is 0 Å². The Bertz CT molecular complexity index is 429. The molecule has 2 atom stereocenters. The van der Waals surface area contributed by atoms with Crippen LogP contribution in [0.1, 0.15) is 30.0 Å². The van der Waals surface area contributed by atoms with E-state index in [4.69, 9.17) is 4.74 Å². The maximum absolute atomic E-state index is 6.04. The first-order valence-corrected chi connectivity index (χ1v) is 7.38. The van der Waals surface area contributed by atoms with Crippen LogP contribution in [0.2, 0.25) is 0 Å². The lowest BCUT2D eigenvalue weighted by Gasteiger charge is -2.42. The van der Waals surface area contributed by atoms with E-state index < -0.39 is 0 Å². The molecule has 1 aliphatic heterocycles. The quantitative estimate of drug-likeness (QED) is 0.897. The smallest absolute Gasteiger partial charge is 0.0896 e. The van der Waals surface area contributed by atoms with Crippen molar-refractivity contribution >= 4 is 0 Å². The fourth-order valence-corrected chi connectivity index (χ4v) is 3.24. The van der Waals surface area contributed by atoms with Crippen molar-refractivity contribution in [2.75, 3.05) is 26.7 Å². The van der Waals surface area contributed by atoms with Gasteiger partial charge in [-0.15, -0.1) is 0 Å². The Morgan fingerprint density at radius 3 is 2.79 bits per heavy atom. The molecule has 1 heterocycles. The Balaban J connectivity index is 1.92. The van der Waals surface area contributed by atoms with Gasteiger partial charge in [0.05, 0.1) is 18.8 Å². The van der Waals surface area contributed by atoms with E-state index in [1.165, 1.54) is 24.0 Å². The summed E-state index contributed by atoms with van der Waals surface area (Å²) in [4.78, 5) is 2.67. The van der Waals surface area contributed by atoms with Gasteiger partial charge in [0.15, 0.2) is 0 Å². The summed E-state index contributed by atoms with van der Waals surface area (Å²) >= 11 is 0. The van der Waals surface area contributed by atoms with Gasteiger partial charge in [-0.25, -0.2) is 0 Å². The second kappa shape index (κ2) is 5.61. The Kier molecular flexibility index (Phi) is 3.87. The van der Waals surface area contributed by atoms with Gasteiger partial charge in [0.25, 0.3) is 0 Å². The van der Waals surface area contributed by atoms with E-state index in [1.807, 2.05) is 7.05 Å². The Labute approximate surface area is 115 Å². The summed E-state index contributed by atoms with van der Waals surface area (Å²) in [5.41, 5.74) is 2.82. The Morgan fingerprint density at radius 1 is 1.32 bits per heavy atom. The van der Waals surface area contributed by atoms with Gasteiger partial charge in [0, 0.05) is 19.1 Å². The van der Waals surface area contributed by atoms with Crippen LogP contribution in [0.5, 0.6) is 0 Å². The lowest BCUT2D eigenvalue weighted by atomic mass is 9.94. The molecule has 0 radical (unpaired) electrons. The van der Waals surface area contributed by atoms with Crippen LogP contribution in [0.15, 0.2) is 24.3 Å². The highest BCUT2D eigenvalue weighted by Gasteiger charge is 2.41. The van der Waals surface area contributed by atoms with Crippen LogP contribution in [-0.4, -0.2) is 43.8 Å². The van der Waals surface area contributed by atoms with Crippen molar-refractivity contribution in [3.8, 4) is 0 Å². The lowest BCUT2D eigenvalue weighted by molar-refractivity contribution is -0.0741. The summed E-state index contributed by atoms with van der Waals surface area (Å²) < 4.78 is 6.04. The molecule has 1 N–H and O–H groups in total. The largest absolute Gasteiger partial charge is 0.374 e. The highest BCUT2D eigenvalue weighted by Crippen LogP contribution is 2.39. The summed E-state index contributed by atoms with van der Waals surface area (Å²) in [5, 5.41) is 3.28. The standard InChI is InChI=1S/C16H24N2O/c1-12-5-3-4-6-14(12)16-15(11-17-2)19-10-9-18(16)13-7-8-13/h3-6,13,15-17H,7-11H2,1-2H3. The summed E-state index contributed by atoms with van der Waals surface area (Å²) in [7, 11) is 2.01. The maximum atomic E-state index is 6.04. The molecule has 2 aliphatic rings. The van der Waals surface area contributed by atoms with Gasteiger partial charge < -0.3 is 10.1 Å². The first-order chi connectivity index (χ1) is 9.31. The molecule has 3 heteroatoms. The summed E-state index contributed by atoms with van der Waals surface area (Å²) in [6.45, 7) is 5.07. The van der Waals surface area contributed by atoms with Gasteiger partial charge in [0.1, 0.15) is 0 Å². The van der Waals surface area contributed by atoms with Crippen molar-refractivity contribution in [1.29, 1.82) is 0 Å². The number of morpholine rings is 1. The van der Waals surface area contributed by atoms with Gasteiger partial charge in [0.2, 0.25) is 0 Å². The molecule has 0 bridgehead atoms. The molecular formula is C16H24N2O. The van der Waals surface area contributed by atoms with Crippen molar-refractivity contribution in [2.24, 2.45) is 0 Å². The van der Waals surface area contributed by atoms with Crippen LogP contribution in [0.4, 0.5) is 0 Å². The molecule has 3 rings (SSSR count). The average Bonchev–Trinajstić information content (AvgIpc) is 3.24. The molecule has 0 amide bonds. The minimum Gasteiger partial charge on any atom is -0.374 e. The fourth-order valence-electron chi connectivity index (χ4n) is 3.24. The molecule has 1 saturated heterocycles. The second-order valence-corrected chi connectivity index (χ2v) is 5.74. The van der Waals surface area contributed by atoms with E-state index in [2.05, 4.69) is 41.4 Å². The number of ether oxygens (including phenoxy) is 1. The summed E-state index contributed by atoms with van der Waals surface area (Å²) in [5.74, 6) is 0. The van der Waals surface area contributed by atoms with Crippen molar-refractivity contribution in [1.82, 2.24) is 10.2 Å². The second-order valence-electron chi connectivity index (χ2n) is 5.74. The van der Waals surface area contributed by atoms with Crippen molar-refractivity contribution in [3.05, 3.63) is 35.4 Å². The predicted octanol–water partition coefficient (Wildman–Crippen LogP) is 2.12. The van der Waals surface area contributed by atoms with Crippen LogP contribution < -0.4 is 5.32 Å². The van der Waals surface area contributed by atoms with Crippen molar-refractivity contribution < 1.29 is 4.74 Å². The number of aryl methyl sites for hydroxylation is 1. The first-order valence-electron chi connectivity index (χ1n) is 7.38. The number of likely N-dealkylation sites (N-methyl/N-ethyl adjacent to an activating group) is 1. The van der Waals surface area contributed by atoms with Crippen LogP contribution in [0.3, 0.4) is 0 Å². The monoisotopic (exact) mass is 260 g/mol. The zero-order valence-corrected chi connectivity index (χ0v) is 11.9. The highest BCUT2D eigenvalue weighted by atomic mass is 16.5. The number of benzene rings is 1. The normalized spacial score (nSPS) is 28.5. The number of nitrogens with zero attached hydrogens (tertiary/aromatic N) is 1. The van der Waals surface area contributed by atoms with Gasteiger partial charge >= 0.3 is 0 Å². The minimum absolute atomic E-state index is 0.264. The molecule has 0 spiro atoms. The van der Waals surface area contributed by atoms with Crippen LogP contribution >= 0.6 is 0 Å². The molecule has 104 valence electrons. The van der Waals surface area contributed by atoms with Gasteiger partial charge in [-0.1, -0.05) is 24.3 Å². The van der Waals surface area contributed by atoms with E-state index in [0.717, 1.165) is 25.7 Å². The molecule has 19 heavy (non-hydrogen) atoms. The van der Waals surface area contributed by atoms with E-state index in [0.29, 0.717) is 6.04 Å². The minimum atomic E-state index is 0.264. The van der Waals surface area contributed by atoms with Crippen LogP contribution in [-0.2, 0) is 4.74 Å². The highest BCUT2D eigenvalue weighted by molar-refractivity contribution is 5.30. The van der Waals surface area contributed by atoms with E-state index >= 15 is 0 Å². The number of rotatable bonds is 4. The molecule has 1 saturated carbocycles. The van der Waals surface area contributed by atoms with E-state index in [9.17, 15) is 0 Å². The Morgan fingerprint density at radius 2 is 2.11 bits per heavy atom. The van der Waals surface area contributed by atoms with Gasteiger partial charge in [-0.3, -0.25) is 4.90 Å². The SMILES string of the molecule is CNCC1OCCN(C2CC2)C1c1ccccc1C. The lowest BCUT2D eigenvalue weighted by Crippen LogP contribution is -2.49. The zero-order chi connectivity index (χ0) is 13.2. The third kappa shape index (κ3) is 2.69. The number of hydrogen-bond donors (Lipinski definition) is 1. The van der Waals surface area contributed by atoms with E-state index in [-0.39, 0.29) is 6.10 Å². The van der Waals surface area contributed by atoms with Crippen molar-refractivity contribution in [2.45, 2.75) is 38.0 Å². The molecule has 1 aliphatic carbocycles. The first kappa shape index (κ1) is 13.1. The molecule has 3 nitrogen and oxygen atoms in total. The average molecular weight is 260 g/mol. The summed E-state index contributed by atoms with van der Waals surface area (Å²) in [6, 6.07) is 9.95. The molecular weight excluding hydrogens is 236 g/mol. The third-order valence-corrected chi connectivity index (χ3v) is 4.32. The molecule has 1 aromatic carbocycles. The predicted molar refractivity (Wildman–Crippen MR) is 77.3 cm³/mol. The molecule has 0 aromatic heterocycles. The fraction of sp³-hybridized carbons (Fsp3) is 0.625. The summed E-state index contributed by atoms with van der Waals surface area (Å²) in [6.07, 6.45) is 2.98. The van der Waals surface area contributed by atoms with Gasteiger partial charge in [-0.2, -0.15) is 0 Å². The maximum Gasteiger partial charge on any atom is 0.0896 e. The number of nitrogens with one attached hydrogen (secondary N) is 1. The molecule has 1 aromatic rings. The topological polar surface area (TPSA) is 24.5 Å². The Hall–Kier alpha value is -0.900. The van der Waals surface area contributed by atoms with Crippen LogP contribution in [0, 0.1) is 6.92 Å². The van der Waals surface area contributed by atoms with Gasteiger partial charge in [-0.05, 0) is 37.9 Å². The zero-order valence-electron chi connectivity index (χ0n) is 11.9. The third-order valence-electron chi connectivity index (χ3n) is 4.32. The molecule has 2 fully saturated rings. The number of hydrogen-bond acceptors (Lipinski definition) is 3. The van der Waals surface area contributed by atoms with Crippen molar-refractivity contribution in [3.63, 3.8) is 0 Å².